The van der Waals surface area contributed by atoms with E-state index in [2.05, 4.69) is 10.4 Å². The molecule has 0 aliphatic rings. The predicted molar refractivity (Wildman–Crippen MR) is 65.6 cm³/mol. The Morgan fingerprint density at radius 3 is 2.71 bits per heavy atom. The SMILES string of the molecule is CCCOCC(=O)NCc1c(C)nn(C)c1C. The minimum Gasteiger partial charge on any atom is -0.372 e. The van der Waals surface area contributed by atoms with Crippen LogP contribution in [0.4, 0.5) is 0 Å². The van der Waals surface area contributed by atoms with Crippen LogP contribution in [0.2, 0.25) is 0 Å². The second kappa shape index (κ2) is 6.39. The third-order valence-electron chi connectivity index (χ3n) is 2.70. The van der Waals surface area contributed by atoms with Crippen LogP contribution in [0.25, 0.3) is 0 Å². The zero-order valence-electron chi connectivity index (χ0n) is 11.0. The van der Waals surface area contributed by atoms with Crippen molar-refractivity contribution in [3.8, 4) is 0 Å². The highest BCUT2D eigenvalue weighted by atomic mass is 16.5. The molecule has 5 nitrogen and oxygen atoms in total. The first-order chi connectivity index (χ1) is 8.06. The minimum atomic E-state index is -0.0823. The van der Waals surface area contributed by atoms with Gasteiger partial charge in [0.2, 0.25) is 5.91 Å². The normalized spacial score (nSPS) is 10.6. The largest absolute Gasteiger partial charge is 0.372 e. The summed E-state index contributed by atoms with van der Waals surface area (Å²) >= 11 is 0. The first-order valence-corrected chi connectivity index (χ1v) is 5.89. The first-order valence-electron chi connectivity index (χ1n) is 5.89. The lowest BCUT2D eigenvalue weighted by molar-refractivity contribution is -0.125. The van der Waals surface area contributed by atoms with Gasteiger partial charge in [0.15, 0.2) is 0 Å². The van der Waals surface area contributed by atoms with Crippen LogP contribution in [0.1, 0.15) is 30.3 Å². The van der Waals surface area contributed by atoms with Gasteiger partial charge in [0, 0.05) is 31.5 Å². The van der Waals surface area contributed by atoms with Crippen LogP contribution in [0.3, 0.4) is 0 Å². The summed E-state index contributed by atoms with van der Waals surface area (Å²) < 4.78 is 6.99. The fourth-order valence-corrected chi connectivity index (χ4v) is 1.62. The molecule has 1 aromatic rings. The van der Waals surface area contributed by atoms with Crippen molar-refractivity contribution in [3.63, 3.8) is 0 Å². The van der Waals surface area contributed by atoms with E-state index < -0.39 is 0 Å². The van der Waals surface area contributed by atoms with Gasteiger partial charge in [0.1, 0.15) is 6.61 Å². The third kappa shape index (κ3) is 3.85. The molecule has 1 aromatic heterocycles. The second-order valence-corrected chi connectivity index (χ2v) is 4.10. The number of hydrogen-bond donors (Lipinski definition) is 1. The number of ether oxygens (including phenoxy) is 1. The number of carbonyl (C=O) groups is 1. The quantitative estimate of drug-likeness (QED) is 0.756. The highest BCUT2D eigenvalue weighted by Crippen LogP contribution is 2.10. The van der Waals surface area contributed by atoms with Crippen LogP contribution in [-0.2, 0) is 23.1 Å². The van der Waals surface area contributed by atoms with Gasteiger partial charge in [-0.05, 0) is 20.3 Å². The maximum absolute atomic E-state index is 11.5. The van der Waals surface area contributed by atoms with Gasteiger partial charge in [-0.25, -0.2) is 0 Å². The van der Waals surface area contributed by atoms with Crippen LogP contribution in [-0.4, -0.2) is 28.9 Å². The van der Waals surface area contributed by atoms with E-state index in [0.29, 0.717) is 13.2 Å². The number of nitrogens with zero attached hydrogens (tertiary/aromatic N) is 2. The average Bonchev–Trinajstić information content (AvgIpc) is 2.51. The molecular formula is C12H21N3O2. The number of rotatable bonds is 6. The van der Waals surface area contributed by atoms with Gasteiger partial charge >= 0.3 is 0 Å². The van der Waals surface area contributed by atoms with Gasteiger partial charge in [0.05, 0.1) is 5.69 Å². The molecule has 0 bridgehead atoms. The van der Waals surface area contributed by atoms with E-state index in [9.17, 15) is 4.79 Å². The molecule has 5 heteroatoms. The Labute approximate surface area is 102 Å². The Balaban J connectivity index is 2.42. The van der Waals surface area contributed by atoms with Crippen molar-refractivity contribution in [1.82, 2.24) is 15.1 Å². The predicted octanol–water partition coefficient (Wildman–Crippen LogP) is 1.08. The van der Waals surface area contributed by atoms with Crippen LogP contribution in [0.15, 0.2) is 0 Å². The standard InChI is InChI=1S/C12H21N3O2/c1-5-6-17-8-12(16)13-7-11-9(2)14-15(4)10(11)3/h5-8H2,1-4H3,(H,13,16). The van der Waals surface area contributed by atoms with Gasteiger partial charge in [-0.1, -0.05) is 6.92 Å². The Hall–Kier alpha value is -1.36. The van der Waals surface area contributed by atoms with E-state index in [-0.39, 0.29) is 12.5 Å². The molecule has 0 aliphatic carbocycles. The number of aryl methyl sites for hydroxylation is 2. The Bertz CT molecular complexity index is 385. The van der Waals surface area contributed by atoms with E-state index in [1.165, 1.54) is 0 Å². The molecule has 0 aromatic carbocycles. The summed E-state index contributed by atoms with van der Waals surface area (Å²) in [6, 6.07) is 0. The smallest absolute Gasteiger partial charge is 0.246 e. The monoisotopic (exact) mass is 239 g/mol. The van der Waals surface area contributed by atoms with Crippen molar-refractivity contribution < 1.29 is 9.53 Å². The van der Waals surface area contributed by atoms with Crippen molar-refractivity contribution in [2.75, 3.05) is 13.2 Å². The average molecular weight is 239 g/mol. The lowest BCUT2D eigenvalue weighted by atomic mass is 10.2. The lowest BCUT2D eigenvalue weighted by Gasteiger charge is -2.06. The summed E-state index contributed by atoms with van der Waals surface area (Å²) in [6.45, 7) is 7.22. The molecule has 0 radical (unpaired) electrons. The number of hydrogen-bond acceptors (Lipinski definition) is 3. The van der Waals surface area contributed by atoms with Gasteiger partial charge in [-0.3, -0.25) is 9.48 Å². The number of amides is 1. The molecule has 1 heterocycles. The van der Waals surface area contributed by atoms with E-state index in [4.69, 9.17) is 4.74 Å². The van der Waals surface area contributed by atoms with Crippen molar-refractivity contribution >= 4 is 5.91 Å². The molecule has 0 saturated carbocycles. The van der Waals surface area contributed by atoms with Crippen molar-refractivity contribution in [3.05, 3.63) is 17.0 Å². The zero-order chi connectivity index (χ0) is 12.8. The highest BCUT2D eigenvalue weighted by molar-refractivity contribution is 5.77. The van der Waals surface area contributed by atoms with Crippen molar-refractivity contribution in [2.45, 2.75) is 33.7 Å². The lowest BCUT2D eigenvalue weighted by Crippen LogP contribution is -2.27. The van der Waals surface area contributed by atoms with Crippen LogP contribution >= 0.6 is 0 Å². The molecule has 0 aliphatic heterocycles. The number of carbonyl (C=O) groups excluding carboxylic acids is 1. The van der Waals surface area contributed by atoms with E-state index >= 15 is 0 Å². The molecule has 0 fully saturated rings. The van der Waals surface area contributed by atoms with E-state index in [1.54, 1.807) is 0 Å². The molecule has 0 atom stereocenters. The number of nitrogens with one attached hydrogen (secondary N) is 1. The molecule has 0 spiro atoms. The Morgan fingerprint density at radius 2 is 2.18 bits per heavy atom. The number of aromatic nitrogens is 2. The molecule has 96 valence electrons. The molecular weight excluding hydrogens is 218 g/mol. The summed E-state index contributed by atoms with van der Waals surface area (Å²) in [5.41, 5.74) is 3.12. The fraction of sp³-hybridized carbons (Fsp3) is 0.667. The Morgan fingerprint density at radius 1 is 1.47 bits per heavy atom. The van der Waals surface area contributed by atoms with Gasteiger partial charge < -0.3 is 10.1 Å². The highest BCUT2D eigenvalue weighted by Gasteiger charge is 2.10. The molecule has 0 unspecified atom stereocenters. The van der Waals surface area contributed by atoms with E-state index in [1.807, 2.05) is 32.5 Å². The van der Waals surface area contributed by atoms with E-state index in [0.717, 1.165) is 23.4 Å². The maximum Gasteiger partial charge on any atom is 0.246 e. The zero-order valence-corrected chi connectivity index (χ0v) is 11.0. The van der Waals surface area contributed by atoms with Gasteiger partial charge in [-0.15, -0.1) is 0 Å². The van der Waals surface area contributed by atoms with Gasteiger partial charge in [-0.2, -0.15) is 5.10 Å². The summed E-state index contributed by atoms with van der Waals surface area (Å²) in [5.74, 6) is -0.0823. The molecule has 1 rings (SSSR count). The van der Waals surface area contributed by atoms with Crippen LogP contribution < -0.4 is 5.32 Å². The summed E-state index contributed by atoms with van der Waals surface area (Å²) in [6.07, 6.45) is 0.925. The maximum atomic E-state index is 11.5. The fourth-order valence-electron chi connectivity index (χ4n) is 1.62. The van der Waals surface area contributed by atoms with Crippen LogP contribution in [0, 0.1) is 13.8 Å². The summed E-state index contributed by atoms with van der Waals surface area (Å²) in [4.78, 5) is 11.5. The van der Waals surface area contributed by atoms with Crippen molar-refractivity contribution in [1.29, 1.82) is 0 Å². The van der Waals surface area contributed by atoms with Crippen LogP contribution in [0.5, 0.6) is 0 Å². The minimum absolute atomic E-state index is 0.0823. The summed E-state index contributed by atoms with van der Waals surface area (Å²) in [5, 5.41) is 7.13. The molecule has 1 amide bonds. The third-order valence-corrected chi connectivity index (χ3v) is 2.70. The molecule has 17 heavy (non-hydrogen) atoms. The van der Waals surface area contributed by atoms with Gasteiger partial charge in [0.25, 0.3) is 0 Å². The van der Waals surface area contributed by atoms with Crippen molar-refractivity contribution in [2.24, 2.45) is 7.05 Å². The molecule has 1 N–H and O–H groups in total. The second-order valence-electron chi connectivity index (χ2n) is 4.10. The Kier molecular flexibility index (Phi) is 5.15. The topological polar surface area (TPSA) is 56.1 Å². The first kappa shape index (κ1) is 13.7. The molecule has 0 saturated heterocycles. The summed E-state index contributed by atoms with van der Waals surface area (Å²) in [7, 11) is 1.90.